The highest BCUT2D eigenvalue weighted by molar-refractivity contribution is 5.92. The Hall–Kier alpha value is -2.10. The minimum Gasteiger partial charge on any atom is -0.360 e. The van der Waals surface area contributed by atoms with Gasteiger partial charge in [-0.1, -0.05) is 49.3 Å². The molecule has 0 saturated carbocycles. The van der Waals surface area contributed by atoms with Gasteiger partial charge in [-0.25, -0.2) is 0 Å². The number of likely N-dealkylation sites (tertiary alicyclic amines) is 1. The van der Waals surface area contributed by atoms with Crippen molar-refractivity contribution in [1.29, 1.82) is 0 Å². The third-order valence-corrected chi connectivity index (χ3v) is 4.26. The van der Waals surface area contributed by atoms with Crippen molar-refractivity contribution in [3.05, 3.63) is 53.4 Å². The number of amides is 1. The van der Waals surface area contributed by atoms with Crippen LogP contribution >= 0.6 is 0 Å². The van der Waals surface area contributed by atoms with Crippen molar-refractivity contribution in [1.82, 2.24) is 10.1 Å². The SMILES string of the molecule is CC(C)c1cc(C(=O)N2CCCC[C@H]2c2ccccc2)no1. The summed E-state index contributed by atoms with van der Waals surface area (Å²) < 4.78 is 5.28. The zero-order chi connectivity index (χ0) is 15.5. The Morgan fingerprint density at radius 2 is 2.05 bits per heavy atom. The molecule has 1 saturated heterocycles. The van der Waals surface area contributed by atoms with Crippen LogP contribution in [0.1, 0.15) is 66.9 Å². The van der Waals surface area contributed by atoms with Crippen molar-refractivity contribution in [2.24, 2.45) is 0 Å². The van der Waals surface area contributed by atoms with Gasteiger partial charge in [-0.05, 0) is 24.8 Å². The number of carbonyl (C=O) groups is 1. The summed E-state index contributed by atoms with van der Waals surface area (Å²) >= 11 is 0. The predicted molar refractivity (Wildman–Crippen MR) is 84.7 cm³/mol. The van der Waals surface area contributed by atoms with E-state index in [1.807, 2.05) is 36.9 Å². The van der Waals surface area contributed by atoms with Crippen LogP contribution in [-0.2, 0) is 0 Å². The highest BCUT2D eigenvalue weighted by Crippen LogP contribution is 2.32. The van der Waals surface area contributed by atoms with Crippen molar-refractivity contribution < 1.29 is 9.32 Å². The molecule has 1 aromatic carbocycles. The molecule has 0 spiro atoms. The molecule has 1 aromatic heterocycles. The van der Waals surface area contributed by atoms with Crippen LogP contribution in [0.25, 0.3) is 0 Å². The van der Waals surface area contributed by atoms with Gasteiger partial charge in [-0.2, -0.15) is 0 Å². The Labute approximate surface area is 131 Å². The molecular formula is C18H22N2O2. The summed E-state index contributed by atoms with van der Waals surface area (Å²) in [6, 6.07) is 12.2. The van der Waals surface area contributed by atoms with Crippen molar-refractivity contribution in [2.75, 3.05) is 6.54 Å². The van der Waals surface area contributed by atoms with E-state index in [4.69, 9.17) is 4.52 Å². The summed E-state index contributed by atoms with van der Waals surface area (Å²) in [7, 11) is 0. The second-order valence-corrected chi connectivity index (χ2v) is 6.19. The average Bonchev–Trinajstić information content (AvgIpc) is 3.05. The van der Waals surface area contributed by atoms with E-state index in [0.717, 1.165) is 31.6 Å². The fourth-order valence-electron chi connectivity index (χ4n) is 3.01. The molecule has 3 rings (SSSR count). The van der Waals surface area contributed by atoms with E-state index in [9.17, 15) is 4.79 Å². The van der Waals surface area contributed by atoms with Gasteiger partial charge in [0.25, 0.3) is 5.91 Å². The number of piperidine rings is 1. The molecule has 0 unspecified atom stereocenters. The van der Waals surface area contributed by atoms with Gasteiger partial charge >= 0.3 is 0 Å². The van der Waals surface area contributed by atoms with Gasteiger partial charge in [0.15, 0.2) is 5.69 Å². The smallest absolute Gasteiger partial charge is 0.276 e. The van der Waals surface area contributed by atoms with Crippen LogP contribution in [0.5, 0.6) is 0 Å². The summed E-state index contributed by atoms with van der Waals surface area (Å²) in [6.07, 6.45) is 3.20. The van der Waals surface area contributed by atoms with Crippen LogP contribution in [0.4, 0.5) is 0 Å². The van der Waals surface area contributed by atoms with E-state index < -0.39 is 0 Å². The minimum absolute atomic E-state index is 0.0239. The highest BCUT2D eigenvalue weighted by atomic mass is 16.5. The lowest BCUT2D eigenvalue weighted by Crippen LogP contribution is -2.38. The number of rotatable bonds is 3. The lowest BCUT2D eigenvalue weighted by Gasteiger charge is -2.35. The Balaban J connectivity index is 1.85. The molecule has 22 heavy (non-hydrogen) atoms. The van der Waals surface area contributed by atoms with Crippen molar-refractivity contribution in [3.63, 3.8) is 0 Å². The molecule has 0 N–H and O–H groups in total. The third kappa shape index (κ3) is 2.91. The maximum Gasteiger partial charge on any atom is 0.276 e. The second kappa shape index (κ2) is 6.34. The molecule has 2 heterocycles. The molecule has 1 fully saturated rings. The molecule has 1 aliphatic heterocycles. The van der Waals surface area contributed by atoms with Crippen molar-refractivity contribution in [2.45, 2.75) is 45.1 Å². The molecule has 116 valence electrons. The Kier molecular flexibility index (Phi) is 4.27. The predicted octanol–water partition coefficient (Wildman–Crippen LogP) is 4.17. The fourth-order valence-corrected chi connectivity index (χ4v) is 3.01. The average molecular weight is 298 g/mol. The topological polar surface area (TPSA) is 46.3 Å². The van der Waals surface area contributed by atoms with Crippen LogP contribution in [-0.4, -0.2) is 22.5 Å². The molecule has 4 nitrogen and oxygen atoms in total. The maximum absolute atomic E-state index is 12.8. The minimum atomic E-state index is -0.0239. The normalized spacial score (nSPS) is 18.7. The van der Waals surface area contributed by atoms with Gasteiger partial charge in [0.2, 0.25) is 0 Å². The first-order chi connectivity index (χ1) is 10.7. The molecule has 0 radical (unpaired) electrons. The van der Waals surface area contributed by atoms with E-state index in [2.05, 4.69) is 17.3 Å². The Morgan fingerprint density at radius 3 is 2.73 bits per heavy atom. The summed E-state index contributed by atoms with van der Waals surface area (Å²) in [5.74, 6) is 0.973. The maximum atomic E-state index is 12.8. The molecule has 0 aliphatic carbocycles. The largest absolute Gasteiger partial charge is 0.360 e. The molecule has 0 bridgehead atoms. The fraction of sp³-hybridized carbons (Fsp3) is 0.444. The molecule has 1 amide bonds. The van der Waals surface area contributed by atoms with E-state index in [1.54, 1.807) is 6.07 Å². The standard InChI is InChI=1S/C18H22N2O2/c1-13(2)17-12-15(19-22-17)18(21)20-11-7-6-10-16(20)14-8-4-3-5-9-14/h3-5,8-9,12-13,16H,6-7,10-11H2,1-2H3/t16-/m0/s1. The zero-order valence-electron chi connectivity index (χ0n) is 13.2. The third-order valence-electron chi connectivity index (χ3n) is 4.26. The Morgan fingerprint density at radius 1 is 1.27 bits per heavy atom. The number of carbonyl (C=O) groups excluding carboxylic acids is 1. The first-order valence-electron chi connectivity index (χ1n) is 7.99. The summed E-state index contributed by atoms with van der Waals surface area (Å²) in [5.41, 5.74) is 1.62. The van der Waals surface area contributed by atoms with Gasteiger partial charge < -0.3 is 9.42 Å². The van der Waals surface area contributed by atoms with Gasteiger partial charge in [0.1, 0.15) is 5.76 Å². The van der Waals surface area contributed by atoms with Crippen LogP contribution in [0, 0.1) is 0 Å². The van der Waals surface area contributed by atoms with Gasteiger partial charge in [-0.15, -0.1) is 0 Å². The number of aromatic nitrogens is 1. The van der Waals surface area contributed by atoms with Crippen LogP contribution in [0.15, 0.2) is 40.9 Å². The van der Waals surface area contributed by atoms with E-state index >= 15 is 0 Å². The number of hydrogen-bond acceptors (Lipinski definition) is 3. The highest BCUT2D eigenvalue weighted by Gasteiger charge is 2.30. The summed E-state index contributed by atoms with van der Waals surface area (Å²) in [5, 5.41) is 3.97. The van der Waals surface area contributed by atoms with Crippen LogP contribution in [0.2, 0.25) is 0 Å². The van der Waals surface area contributed by atoms with Crippen molar-refractivity contribution in [3.8, 4) is 0 Å². The number of nitrogens with zero attached hydrogens (tertiary/aromatic N) is 2. The van der Waals surface area contributed by atoms with Gasteiger partial charge in [-0.3, -0.25) is 4.79 Å². The van der Waals surface area contributed by atoms with E-state index in [0.29, 0.717) is 5.69 Å². The molecule has 1 aliphatic rings. The first kappa shape index (κ1) is 14.8. The van der Waals surface area contributed by atoms with Crippen LogP contribution < -0.4 is 0 Å². The first-order valence-corrected chi connectivity index (χ1v) is 7.99. The lowest BCUT2D eigenvalue weighted by molar-refractivity contribution is 0.0601. The van der Waals surface area contributed by atoms with Gasteiger partial charge in [0, 0.05) is 18.5 Å². The van der Waals surface area contributed by atoms with Crippen LogP contribution in [0.3, 0.4) is 0 Å². The van der Waals surface area contributed by atoms with E-state index in [1.165, 1.54) is 5.56 Å². The molecule has 4 heteroatoms. The molecular weight excluding hydrogens is 276 g/mol. The quantitative estimate of drug-likeness (QED) is 0.854. The zero-order valence-corrected chi connectivity index (χ0v) is 13.2. The van der Waals surface area contributed by atoms with E-state index in [-0.39, 0.29) is 17.9 Å². The van der Waals surface area contributed by atoms with Crippen molar-refractivity contribution >= 4 is 5.91 Å². The lowest BCUT2D eigenvalue weighted by atomic mass is 9.95. The molecule has 1 atom stereocenters. The molecule has 2 aromatic rings. The number of benzene rings is 1. The second-order valence-electron chi connectivity index (χ2n) is 6.19. The monoisotopic (exact) mass is 298 g/mol. The Bertz CT molecular complexity index is 634. The summed E-state index contributed by atoms with van der Waals surface area (Å²) in [4.78, 5) is 14.8. The number of hydrogen-bond donors (Lipinski definition) is 0. The summed E-state index contributed by atoms with van der Waals surface area (Å²) in [6.45, 7) is 4.84. The van der Waals surface area contributed by atoms with Gasteiger partial charge in [0.05, 0.1) is 6.04 Å².